The maximum Gasteiger partial charge on any atom is 0.146 e. The van der Waals surface area contributed by atoms with Crippen molar-refractivity contribution in [1.82, 2.24) is 10.3 Å². The van der Waals surface area contributed by atoms with E-state index in [2.05, 4.69) is 72.2 Å². The first kappa shape index (κ1) is 20.6. The zero-order valence-electron chi connectivity index (χ0n) is 16.4. The number of nitrogens with one attached hydrogen (secondary N) is 1. The summed E-state index contributed by atoms with van der Waals surface area (Å²) in [5.74, 6) is 0.881. The maximum atomic E-state index is 6.11. The van der Waals surface area contributed by atoms with Crippen molar-refractivity contribution in [2.45, 2.75) is 38.6 Å². The summed E-state index contributed by atoms with van der Waals surface area (Å²) in [5, 5.41) is 5.44. The van der Waals surface area contributed by atoms with Crippen LogP contribution in [0, 0.1) is 6.92 Å². The Labute approximate surface area is 172 Å². The number of nitrogens with zero attached hydrogens (tertiary/aromatic N) is 1. The van der Waals surface area contributed by atoms with E-state index in [9.17, 15) is 0 Å². The molecule has 0 bridgehead atoms. The number of unbranched alkanes of at least 4 members (excludes halogenated alkanes) is 2. The number of hydrogen-bond donors (Lipinski definition) is 1. The van der Waals surface area contributed by atoms with Crippen LogP contribution in [0.15, 0.2) is 60.0 Å². The highest BCUT2D eigenvalue weighted by Gasteiger charge is 2.11. The number of ether oxygens (including phenoxy) is 1. The van der Waals surface area contributed by atoms with E-state index < -0.39 is 0 Å². The molecule has 0 aliphatic heterocycles. The molecule has 1 N–H and O–H groups in total. The van der Waals surface area contributed by atoms with Crippen molar-refractivity contribution in [3.05, 3.63) is 78.2 Å². The lowest BCUT2D eigenvalue weighted by Crippen LogP contribution is -2.15. The molecule has 1 radical (unpaired) electrons. The zero-order valence-corrected chi connectivity index (χ0v) is 17.2. The fourth-order valence-corrected chi connectivity index (χ4v) is 3.79. The summed E-state index contributed by atoms with van der Waals surface area (Å²) in [7, 11) is 0. The van der Waals surface area contributed by atoms with Crippen LogP contribution in [0.25, 0.3) is 10.6 Å². The Hall–Kier alpha value is -2.17. The van der Waals surface area contributed by atoms with Gasteiger partial charge in [0, 0.05) is 6.54 Å². The quantitative estimate of drug-likeness (QED) is 0.388. The Balaban J connectivity index is 1.51. The predicted molar refractivity (Wildman–Crippen MR) is 119 cm³/mol. The molecule has 0 saturated heterocycles. The second-order valence-corrected chi connectivity index (χ2v) is 7.75. The molecule has 0 saturated carbocycles. The van der Waals surface area contributed by atoms with Crippen molar-refractivity contribution < 1.29 is 4.74 Å². The molecule has 3 aromatic rings. The van der Waals surface area contributed by atoms with E-state index in [-0.39, 0.29) is 0 Å². The topological polar surface area (TPSA) is 34.1 Å². The van der Waals surface area contributed by atoms with E-state index in [4.69, 9.17) is 9.72 Å². The summed E-state index contributed by atoms with van der Waals surface area (Å²) in [4.78, 5) is 6.00. The molecule has 4 heteroatoms. The Morgan fingerprint density at radius 2 is 1.86 bits per heavy atom. The van der Waals surface area contributed by atoms with E-state index in [0.29, 0.717) is 0 Å². The average molecular weight is 394 g/mol. The summed E-state index contributed by atoms with van der Waals surface area (Å²) in [5.41, 5.74) is 3.40. The normalized spacial score (nSPS) is 10.9. The fraction of sp³-hybridized carbons (Fsp3) is 0.333. The molecule has 3 nitrogen and oxygen atoms in total. The van der Waals surface area contributed by atoms with Crippen molar-refractivity contribution in [1.29, 1.82) is 0 Å². The van der Waals surface area contributed by atoms with E-state index in [0.717, 1.165) is 61.0 Å². The third-order valence-electron chi connectivity index (χ3n) is 4.54. The SMILES string of the molecule is [CH2]CCNCc1ccc(OCCCCCc2ccccc2)c(-c2cccs2)n1. The van der Waals surface area contributed by atoms with Crippen LogP contribution in [0.3, 0.4) is 0 Å². The summed E-state index contributed by atoms with van der Waals surface area (Å²) < 4.78 is 6.11. The van der Waals surface area contributed by atoms with Crippen LogP contribution in [0.2, 0.25) is 0 Å². The first-order chi connectivity index (χ1) is 13.9. The van der Waals surface area contributed by atoms with Gasteiger partial charge in [0.1, 0.15) is 11.4 Å². The van der Waals surface area contributed by atoms with E-state index in [1.807, 2.05) is 0 Å². The largest absolute Gasteiger partial charge is 0.491 e. The Morgan fingerprint density at radius 3 is 2.64 bits per heavy atom. The standard InChI is InChI=1S/C24H29N2OS/c1-2-16-25-19-21-14-15-22(24(26-21)23-13-9-18-28-23)27-17-8-4-7-12-20-10-5-3-6-11-20/h3,5-6,9-11,13-15,18,25H,1-2,4,7-8,12,16-17,19H2. The Bertz CT molecular complexity index is 803. The number of thiophene rings is 1. The van der Waals surface area contributed by atoms with Gasteiger partial charge in [0.25, 0.3) is 0 Å². The van der Waals surface area contributed by atoms with Crippen LogP contribution in [0.4, 0.5) is 0 Å². The average Bonchev–Trinajstić information content (AvgIpc) is 3.27. The van der Waals surface area contributed by atoms with Crippen molar-refractivity contribution in [2.75, 3.05) is 13.2 Å². The number of aromatic nitrogens is 1. The molecule has 0 amide bonds. The summed E-state index contributed by atoms with van der Waals surface area (Å²) in [6.45, 7) is 6.25. The Morgan fingerprint density at radius 1 is 0.964 bits per heavy atom. The van der Waals surface area contributed by atoms with Crippen LogP contribution in [-0.4, -0.2) is 18.1 Å². The number of pyridine rings is 1. The molecule has 28 heavy (non-hydrogen) atoms. The monoisotopic (exact) mass is 393 g/mol. The van der Waals surface area contributed by atoms with Crippen LogP contribution in [-0.2, 0) is 13.0 Å². The van der Waals surface area contributed by atoms with Gasteiger partial charge in [-0.3, -0.25) is 0 Å². The highest BCUT2D eigenvalue weighted by molar-refractivity contribution is 7.13. The predicted octanol–water partition coefficient (Wildman–Crippen LogP) is 5.92. The van der Waals surface area contributed by atoms with Crippen LogP contribution in [0.1, 0.15) is 36.9 Å². The van der Waals surface area contributed by atoms with Gasteiger partial charge in [0.15, 0.2) is 0 Å². The summed E-state index contributed by atoms with van der Waals surface area (Å²) in [6, 6.07) is 19.0. The van der Waals surface area contributed by atoms with Crippen LogP contribution >= 0.6 is 11.3 Å². The molecule has 1 aromatic carbocycles. The zero-order chi connectivity index (χ0) is 19.4. The first-order valence-electron chi connectivity index (χ1n) is 10.1. The first-order valence-corrected chi connectivity index (χ1v) is 11.0. The van der Waals surface area contributed by atoms with Crippen molar-refractivity contribution in [3.63, 3.8) is 0 Å². The molecule has 147 valence electrons. The molecular formula is C24H29N2OS. The van der Waals surface area contributed by atoms with Gasteiger partial charge in [0.2, 0.25) is 0 Å². The smallest absolute Gasteiger partial charge is 0.146 e. The highest BCUT2D eigenvalue weighted by Crippen LogP contribution is 2.32. The van der Waals surface area contributed by atoms with Gasteiger partial charge >= 0.3 is 0 Å². The fourth-order valence-electron chi connectivity index (χ4n) is 3.07. The second-order valence-electron chi connectivity index (χ2n) is 6.80. The molecule has 0 atom stereocenters. The maximum absolute atomic E-state index is 6.11. The lowest BCUT2D eigenvalue weighted by atomic mass is 10.1. The molecule has 2 heterocycles. The molecule has 0 spiro atoms. The molecule has 0 aliphatic rings. The van der Waals surface area contributed by atoms with Gasteiger partial charge in [-0.05, 0) is 67.8 Å². The molecule has 3 rings (SSSR count). The van der Waals surface area contributed by atoms with Gasteiger partial charge in [-0.25, -0.2) is 4.98 Å². The molecule has 0 unspecified atom stereocenters. The number of benzene rings is 1. The van der Waals surface area contributed by atoms with Gasteiger partial charge in [-0.2, -0.15) is 0 Å². The second kappa shape index (κ2) is 11.6. The third-order valence-corrected chi connectivity index (χ3v) is 5.42. The van der Waals surface area contributed by atoms with Crippen LogP contribution < -0.4 is 10.1 Å². The van der Waals surface area contributed by atoms with Crippen molar-refractivity contribution in [2.24, 2.45) is 0 Å². The van der Waals surface area contributed by atoms with Gasteiger partial charge in [-0.1, -0.05) is 43.3 Å². The van der Waals surface area contributed by atoms with E-state index in [1.54, 1.807) is 11.3 Å². The lowest BCUT2D eigenvalue weighted by Gasteiger charge is -2.12. The molecule has 0 aliphatic carbocycles. The van der Waals surface area contributed by atoms with E-state index in [1.165, 1.54) is 18.4 Å². The molecular weight excluding hydrogens is 364 g/mol. The summed E-state index contributed by atoms with van der Waals surface area (Å²) >= 11 is 1.70. The third kappa shape index (κ3) is 6.47. The van der Waals surface area contributed by atoms with Crippen molar-refractivity contribution >= 4 is 11.3 Å². The lowest BCUT2D eigenvalue weighted by molar-refractivity contribution is 0.305. The summed E-state index contributed by atoms with van der Waals surface area (Å²) in [6.07, 6.45) is 5.44. The van der Waals surface area contributed by atoms with Crippen LogP contribution in [0.5, 0.6) is 5.75 Å². The number of aryl methyl sites for hydroxylation is 1. The van der Waals surface area contributed by atoms with Gasteiger partial charge in [-0.15, -0.1) is 11.3 Å². The number of hydrogen-bond acceptors (Lipinski definition) is 4. The number of rotatable bonds is 12. The van der Waals surface area contributed by atoms with Crippen molar-refractivity contribution in [3.8, 4) is 16.3 Å². The molecule has 0 fully saturated rings. The minimum absolute atomic E-state index is 0.730. The van der Waals surface area contributed by atoms with Gasteiger partial charge in [0.05, 0.1) is 17.2 Å². The minimum Gasteiger partial charge on any atom is -0.491 e. The minimum atomic E-state index is 0.730. The Kier molecular flexibility index (Phi) is 8.54. The van der Waals surface area contributed by atoms with E-state index >= 15 is 0 Å². The van der Waals surface area contributed by atoms with Gasteiger partial charge < -0.3 is 10.1 Å². The highest BCUT2D eigenvalue weighted by atomic mass is 32.1. The molecule has 2 aromatic heterocycles.